The van der Waals surface area contributed by atoms with Gasteiger partial charge in [-0.15, -0.1) is 0 Å². The third-order valence-corrected chi connectivity index (χ3v) is 5.41. The monoisotopic (exact) mass is 441 g/mol. The Kier molecular flexibility index (Phi) is 5.00. The molecule has 0 unspecified atom stereocenters. The first-order chi connectivity index (χ1) is 15.5. The Balaban J connectivity index is 1.57. The molecular weight excluding hydrogens is 423 g/mol. The summed E-state index contributed by atoms with van der Waals surface area (Å²) in [5.74, 6) is -2.64. The summed E-state index contributed by atoms with van der Waals surface area (Å²) >= 11 is 0. The molecule has 1 saturated carbocycles. The topological polar surface area (TPSA) is 101 Å². The smallest absolute Gasteiger partial charge is 0.248 e. The Morgan fingerprint density at radius 1 is 1.03 bits per heavy atom. The van der Waals surface area contributed by atoms with Crippen molar-refractivity contribution in [3.63, 3.8) is 0 Å². The summed E-state index contributed by atoms with van der Waals surface area (Å²) in [7, 11) is 0. The first kappa shape index (κ1) is 20.0. The van der Waals surface area contributed by atoms with Gasteiger partial charge in [-0.05, 0) is 18.9 Å². The van der Waals surface area contributed by atoms with Gasteiger partial charge in [0.1, 0.15) is 17.0 Å². The second-order valence-electron chi connectivity index (χ2n) is 7.58. The zero-order valence-corrected chi connectivity index (χ0v) is 16.7. The Morgan fingerprint density at radius 3 is 2.47 bits per heavy atom. The van der Waals surface area contributed by atoms with Crippen molar-refractivity contribution in [2.45, 2.75) is 31.7 Å². The van der Waals surface area contributed by atoms with E-state index < -0.39 is 23.1 Å². The van der Waals surface area contributed by atoms with Crippen molar-refractivity contribution in [3.05, 3.63) is 64.5 Å². The molecule has 0 radical (unpaired) electrons. The molecule has 3 heterocycles. The molecule has 3 aromatic heterocycles. The SMILES string of the molecule is O=c1ccc(Nc2ncc3nc(Nc4c(F)cc(F)cc4F)n(C4CCCC4)c3n2)c[nH]1. The fourth-order valence-electron chi connectivity index (χ4n) is 3.94. The van der Waals surface area contributed by atoms with E-state index in [1.54, 1.807) is 6.07 Å². The molecule has 32 heavy (non-hydrogen) atoms. The van der Waals surface area contributed by atoms with Crippen LogP contribution < -0.4 is 16.2 Å². The number of anilines is 4. The third kappa shape index (κ3) is 3.77. The number of hydrogen-bond donors (Lipinski definition) is 3. The molecule has 1 aromatic carbocycles. The van der Waals surface area contributed by atoms with Crippen LogP contribution in [0.15, 0.2) is 41.5 Å². The second kappa shape index (κ2) is 7.98. The van der Waals surface area contributed by atoms with E-state index in [-0.39, 0.29) is 23.5 Å². The number of nitrogens with one attached hydrogen (secondary N) is 3. The molecule has 4 aromatic rings. The number of nitrogens with zero attached hydrogens (tertiary/aromatic N) is 4. The number of imidazole rings is 1. The number of rotatable bonds is 5. The normalized spacial score (nSPS) is 14.2. The van der Waals surface area contributed by atoms with Crippen LogP contribution in [0.25, 0.3) is 11.2 Å². The number of halogens is 3. The van der Waals surface area contributed by atoms with Gasteiger partial charge < -0.3 is 15.6 Å². The molecule has 0 bridgehead atoms. The van der Waals surface area contributed by atoms with E-state index in [1.165, 1.54) is 18.5 Å². The molecule has 0 aliphatic heterocycles. The van der Waals surface area contributed by atoms with Gasteiger partial charge in [0, 0.05) is 30.4 Å². The lowest BCUT2D eigenvalue weighted by molar-refractivity contribution is 0.531. The van der Waals surface area contributed by atoms with Crippen molar-refractivity contribution < 1.29 is 13.2 Å². The molecule has 0 atom stereocenters. The summed E-state index contributed by atoms with van der Waals surface area (Å²) in [5.41, 5.74) is 0.797. The summed E-state index contributed by atoms with van der Waals surface area (Å²) in [6, 6.07) is 4.22. The lowest BCUT2D eigenvalue weighted by Crippen LogP contribution is -2.11. The average molecular weight is 441 g/mol. The second-order valence-corrected chi connectivity index (χ2v) is 7.58. The quantitative estimate of drug-likeness (QED) is 0.421. The minimum absolute atomic E-state index is 0.0323. The Bertz CT molecular complexity index is 1320. The Morgan fingerprint density at radius 2 is 1.78 bits per heavy atom. The van der Waals surface area contributed by atoms with Gasteiger partial charge in [0.25, 0.3) is 0 Å². The van der Waals surface area contributed by atoms with E-state index in [4.69, 9.17) is 0 Å². The molecule has 0 amide bonds. The number of pyridine rings is 1. The highest BCUT2D eigenvalue weighted by atomic mass is 19.1. The first-order valence-electron chi connectivity index (χ1n) is 10.1. The van der Waals surface area contributed by atoms with Gasteiger partial charge in [0.15, 0.2) is 17.3 Å². The number of aromatic amines is 1. The van der Waals surface area contributed by atoms with Gasteiger partial charge in [0.2, 0.25) is 17.5 Å². The van der Waals surface area contributed by atoms with E-state index in [0.29, 0.717) is 29.0 Å². The summed E-state index contributed by atoms with van der Waals surface area (Å²) in [6.45, 7) is 0. The molecular formula is C21H18F3N7O. The predicted octanol–water partition coefficient (Wildman–Crippen LogP) is 4.53. The van der Waals surface area contributed by atoms with Crippen LogP contribution in [0.4, 0.5) is 36.4 Å². The molecule has 11 heteroatoms. The van der Waals surface area contributed by atoms with Crippen LogP contribution in [0.1, 0.15) is 31.7 Å². The van der Waals surface area contributed by atoms with E-state index >= 15 is 0 Å². The number of benzene rings is 1. The number of fused-ring (bicyclic) bond motifs is 1. The van der Waals surface area contributed by atoms with Crippen molar-refractivity contribution in [2.75, 3.05) is 10.6 Å². The van der Waals surface area contributed by atoms with Crippen molar-refractivity contribution in [3.8, 4) is 0 Å². The average Bonchev–Trinajstić information content (AvgIpc) is 3.39. The highest BCUT2D eigenvalue weighted by Gasteiger charge is 2.25. The summed E-state index contributed by atoms with van der Waals surface area (Å²) in [5, 5.41) is 5.69. The molecule has 5 rings (SSSR count). The van der Waals surface area contributed by atoms with Crippen LogP contribution in [-0.4, -0.2) is 24.5 Å². The lowest BCUT2D eigenvalue weighted by Gasteiger charge is -2.17. The molecule has 164 valence electrons. The fourth-order valence-corrected chi connectivity index (χ4v) is 3.94. The van der Waals surface area contributed by atoms with Crippen LogP contribution in [-0.2, 0) is 0 Å². The highest BCUT2D eigenvalue weighted by Crippen LogP contribution is 2.36. The molecule has 1 fully saturated rings. The Hall–Kier alpha value is -3.89. The maximum atomic E-state index is 14.3. The predicted molar refractivity (Wildman–Crippen MR) is 113 cm³/mol. The molecule has 0 saturated heterocycles. The van der Waals surface area contributed by atoms with Crippen molar-refractivity contribution >= 4 is 34.4 Å². The minimum atomic E-state index is -1.06. The molecule has 3 N–H and O–H groups in total. The van der Waals surface area contributed by atoms with Crippen molar-refractivity contribution in [1.82, 2.24) is 24.5 Å². The number of H-pyrrole nitrogens is 1. The van der Waals surface area contributed by atoms with Crippen LogP contribution in [0.5, 0.6) is 0 Å². The van der Waals surface area contributed by atoms with Crippen molar-refractivity contribution in [2.24, 2.45) is 0 Å². The molecule has 1 aliphatic rings. The van der Waals surface area contributed by atoms with Crippen LogP contribution in [0.2, 0.25) is 0 Å². The summed E-state index contributed by atoms with van der Waals surface area (Å²) in [4.78, 5) is 27.1. The zero-order chi connectivity index (χ0) is 22.2. The van der Waals surface area contributed by atoms with Gasteiger partial charge in [-0.1, -0.05) is 12.8 Å². The fraction of sp³-hybridized carbons (Fsp3) is 0.238. The maximum absolute atomic E-state index is 14.3. The van der Waals surface area contributed by atoms with Gasteiger partial charge in [-0.25, -0.2) is 23.1 Å². The highest BCUT2D eigenvalue weighted by molar-refractivity contribution is 5.77. The van der Waals surface area contributed by atoms with Gasteiger partial charge in [-0.2, -0.15) is 4.98 Å². The lowest BCUT2D eigenvalue weighted by atomic mass is 10.2. The first-order valence-corrected chi connectivity index (χ1v) is 10.1. The van der Waals surface area contributed by atoms with E-state index in [9.17, 15) is 18.0 Å². The summed E-state index contributed by atoms with van der Waals surface area (Å²) in [6.07, 6.45) is 6.75. The van der Waals surface area contributed by atoms with Gasteiger partial charge in [-0.3, -0.25) is 9.36 Å². The van der Waals surface area contributed by atoms with Crippen LogP contribution in [0.3, 0.4) is 0 Å². The largest absolute Gasteiger partial charge is 0.327 e. The van der Waals surface area contributed by atoms with E-state index in [0.717, 1.165) is 25.7 Å². The standard InChI is InChI=1S/C21H18F3N7O/c22-11-7-14(23)18(15(24)8-11)29-21-28-16-10-26-20(27-12-5-6-17(32)25-9-12)30-19(16)31(21)13-3-1-2-4-13/h5-10,13H,1-4H2,(H,25,32)(H,28,29)(H,26,27,30). The third-order valence-electron chi connectivity index (χ3n) is 5.41. The van der Waals surface area contributed by atoms with Gasteiger partial charge in [0.05, 0.1) is 11.9 Å². The number of hydrogen-bond acceptors (Lipinski definition) is 6. The molecule has 0 spiro atoms. The van der Waals surface area contributed by atoms with E-state index in [2.05, 4.69) is 30.6 Å². The Labute approximate surface area is 179 Å². The summed E-state index contributed by atoms with van der Waals surface area (Å²) < 4.78 is 43.6. The van der Waals surface area contributed by atoms with Crippen LogP contribution in [0, 0.1) is 17.5 Å². The minimum Gasteiger partial charge on any atom is -0.327 e. The molecule has 8 nitrogen and oxygen atoms in total. The van der Waals surface area contributed by atoms with Gasteiger partial charge >= 0.3 is 0 Å². The van der Waals surface area contributed by atoms with E-state index in [1.807, 2.05) is 4.57 Å². The maximum Gasteiger partial charge on any atom is 0.248 e. The van der Waals surface area contributed by atoms with Crippen molar-refractivity contribution in [1.29, 1.82) is 0 Å². The molecule has 1 aliphatic carbocycles. The van der Waals surface area contributed by atoms with Crippen LogP contribution >= 0.6 is 0 Å². The zero-order valence-electron chi connectivity index (χ0n) is 16.7. The number of aromatic nitrogens is 5.